The number of anilines is 2. The van der Waals surface area contributed by atoms with E-state index in [9.17, 15) is 4.79 Å². The number of carbonyl (C=O) groups is 1. The number of methoxy groups -OCH3 is 1. The summed E-state index contributed by atoms with van der Waals surface area (Å²) < 4.78 is 17.1. The molecule has 0 amide bonds. The van der Waals surface area contributed by atoms with Gasteiger partial charge in [0.05, 0.1) is 31.9 Å². The minimum absolute atomic E-state index is 0.206. The minimum Gasteiger partial charge on any atom is -0.493 e. The standard InChI is InChI=1S/C26H29N3O4/c1-3-32-26(30)20-7-6-8-21(13-20)29(17-19-15-27-18-28-16-19)22-11-12-24(31-2)25(14-22)33-23-9-4-5-10-23/h6-8,11-16,18,23H,3-5,9-10,17H2,1-2H3. The Morgan fingerprint density at radius 2 is 1.79 bits per heavy atom. The van der Waals surface area contributed by atoms with Crippen molar-refractivity contribution < 1.29 is 19.0 Å². The van der Waals surface area contributed by atoms with Crippen molar-refractivity contribution in [2.75, 3.05) is 18.6 Å². The zero-order valence-electron chi connectivity index (χ0n) is 19.1. The van der Waals surface area contributed by atoms with E-state index in [2.05, 4.69) is 14.9 Å². The van der Waals surface area contributed by atoms with Gasteiger partial charge in [0.1, 0.15) is 6.33 Å². The molecule has 0 bridgehead atoms. The molecule has 1 aliphatic rings. The fourth-order valence-corrected chi connectivity index (χ4v) is 4.05. The lowest BCUT2D eigenvalue weighted by molar-refractivity contribution is 0.0526. The number of ether oxygens (including phenoxy) is 3. The Bertz CT molecular complexity index is 1070. The Kier molecular flexibility index (Phi) is 7.40. The first-order chi connectivity index (χ1) is 16.2. The molecule has 2 aromatic carbocycles. The summed E-state index contributed by atoms with van der Waals surface area (Å²) in [5.74, 6) is 1.08. The summed E-state index contributed by atoms with van der Waals surface area (Å²) in [5, 5.41) is 0. The predicted octanol–water partition coefficient (Wildman–Crippen LogP) is 5.32. The smallest absolute Gasteiger partial charge is 0.338 e. The van der Waals surface area contributed by atoms with Crippen LogP contribution in [-0.4, -0.2) is 35.8 Å². The predicted molar refractivity (Wildman–Crippen MR) is 126 cm³/mol. The van der Waals surface area contributed by atoms with Crippen LogP contribution in [0.1, 0.15) is 48.5 Å². The average molecular weight is 448 g/mol. The fraction of sp³-hybridized carbons (Fsp3) is 0.346. The van der Waals surface area contributed by atoms with E-state index in [-0.39, 0.29) is 12.1 Å². The summed E-state index contributed by atoms with van der Waals surface area (Å²) in [6.45, 7) is 2.64. The van der Waals surface area contributed by atoms with Crippen LogP contribution in [0.15, 0.2) is 61.2 Å². The molecule has 3 aromatic rings. The summed E-state index contributed by atoms with van der Waals surface area (Å²) in [6, 6.07) is 13.3. The van der Waals surface area contributed by atoms with Crippen LogP contribution < -0.4 is 14.4 Å². The summed E-state index contributed by atoms with van der Waals surface area (Å²) in [5.41, 5.74) is 3.20. The van der Waals surface area contributed by atoms with Crippen LogP contribution in [0, 0.1) is 0 Å². The Morgan fingerprint density at radius 3 is 2.52 bits per heavy atom. The van der Waals surface area contributed by atoms with Gasteiger partial charge in [0.2, 0.25) is 0 Å². The van der Waals surface area contributed by atoms with Crippen molar-refractivity contribution >= 4 is 17.3 Å². The average Bonchev–Trinajstić information content (AvgIpc) is 3.36. The van der Waals surface area contributed by atoms with Gasteiger partial charge in [-0.25, -0.2) is 14.8 Å². The van der Waals surface area contributed by atoms with Gasteiger partial charge in [-0.1, -0.05) is 6.07 Å². The largest absolute Gasteiger partial charge is 0.493 e. The van der Waals surface area contributed by atoms with Gasteiger partial charge in [-0.15, -0.1) is 0 Å². The van der Waals surface area contributed by atoms with Crippen molar-refractivity contribution in [2.24, 2.45) is 0 Å². The van der Waals surface area contributed by atoms with Crippen molar-refractivity contribution in [1.82, 2.24) is 9.97 Å². The van der Waals surface area contributed by atoms with Crippen LogP contribution in [0.2, 0.25) is 0 Å². The maximum absolute atomic E-state index is 12.3. The molecule has 0 N–H and O–H groups in total. The summed E-state index contributed by atoms with van der Waals surface area (Å²) in [7, 11) is 1.65. The summed E-state index contributed by atoms with van der Waals surface area (Å²) in [4.78, 5) is 22.8. The molecule has 0 saturated heterocycles. The van der Waals surface area contributed by atoms with Crippen molar-refractivity contribution in [3.63, 3.8) is 0 Å². The minimum atomic E-state index is -0.345. The maximum Gasteiger partial charge on any atom is 0.338 e. The van der Waals surface area contributed by atoms with Gasteiger partial charge in [-0.2, -0.15) is 0 Å². The third-order valence-corrected chi connectivity index (χ3v) is 5.68. The van der Waals surface area contributed by atoms with Gasteiger partial charge < -0.3 is 19.1 Å². The van der Waals surface area contributed by atoms with Crippen LogP contribution in [0.4, 0.5) is 11.4 Å². The van der Waals surface area contributed by atoms with Crippen molar-refractivity contribution in [2.45, 2.75) is 45.3 Å². The molecule has 1 fully saturated rings. The molecule has 33 heavy (non-hydrogen) atoms. The second-order valence-electron chi connectivity index (χ2n) is 7.96. The lowest BCUT2D eigenvalue weighted by Gasteiger charge is -2.27. The van der Waals surface area contributed by atoms with E-state index < -0.39 is 0 Å². The molecule has 172 valence electrons. The number of benzene rings is 2. The molecule has 1 saturated carbocycles. The molecule has 1 aromatic heterocycles. The summed E-state index contributed by atoms with van der Waals surface area (Å²) in [6.07, 6.45) is 9.78. The molecule has 4 rings (SSSR count). The Morgan fingerprint density at radius 1 is 1.03 bits per heavy atom. The van der Waals surface area contributed by atoms with Gasteiger partial charge in [0, 0.05) is 35.4 Å². The van der Waals surface area contributed by atoms with Crippen LogP contribution in [-0.2, 0) is 11.3 Å². The number of rotatable bonds is 9. The van der Waals surface area contributed by atoms with Gasteiger partial charge in [-0.3, -0.25) is 0 Å². The Labute approximate surface area is 194 Å². The topological polar surface area (TPSA) is 73.8 Å². The number of esters is 1. The number of aromatic nitrogens is 2. The highest BCUT2D eigenvalue weighted by molar-refractivity contribution is 5.91. The third-order valence-electron chi connectivity index (χ3n) is 5.68. The van der Waals surface area contributed by atoms with Crippen molar-refractivity contribution in [3.8, 4) is 11.5 Å². The monoisotopic (exact) mass is 447 g/mol. The number of hydrogen-bond acceptors (Lipinski definition) is 7. The van der Waals surface area contributed by atoms with Gasteiger partial charge >= 0.3 is 5.97 Å². The van der Waals surface area contributed by atoms with Crippen LogP contribution in [0.5, 0.6) is 11.5 Å². The molecule has 7 nitrogen and oxygen atoms in total. The highest BCUT2D eigenvalue weighted by Gasteiger charge is 2.21. The molecule has 0 unspecified atom stereocenters. The van der Waals surface area contributed by atoms with E-state index in [1.165, 1.54) is 19.2 Å². The fourth-order valence-electron chi connectivity index (χ4n) is 4.05. The summed E-state index contributed by atoms with van der Waals surface area (Å²) >= 11 is 0. The van der Waals surface area contributed by atoms with E-state index in [0.29, 0.717) is 24.5 Å². The van der Waals surface area contributed by atoms with E-state index in [1.807, 2.05) is 36.4 Å². The zero-order chi connectivity index (χ0) is 23.0. The van der Waals surface area contributed by atoms with Crippen LogP contribution >= 0.6 is 0 Å². The first-order valence-corrected chi connectivity index (χ1v) is 11.3. The maximum atomic E-state index is 12.3. The molecule has 0 aliphatic heterocycles. The molecular formula is C26H29N3O4. The highest BCUT2D eigenvalue weighted by atomic mass is 16.5. The van der Waals surface area contributed by atoms with Crippen molar-refractivity contribution in [1.29, 1.82) is 0 Å². The Hall–Kier alpha value is -3.61. The van der Waals surface area contributed by atoms with E-state index in [0.717, 1.165) is 35.5 Å². The lowest BCUT2D eigenvalue weighted by Crippen LogP contribution is -2.18. The van der Waals surface area contributed by atoms with E-state index >= 15 is 0 Å². The first kappa shape index (κ1) is 22.6. The van der Waals surface area contributed by atoms with Crippen molar-refractivity contribution in [3.05, 3.63) is 72.3 Å². The molecule has 1 aliphatic carbocycles. The second kappa shape index (κ2) is 10.8. The first-order valence-electron chi connectivity index (χ1n) is 11.3. The quantitative estimate of drug-likeness (QED) is 0.411. The number of carbonyl (C=O) groups excluding carboxylic acids is 1. The third kappa shape index (κ3) is 5.61. The Balaban J connectivity index is 1.72. The SMILES string of the molecule is CCOC(=O)c1cccc(N(Cc2cncnc2)c2ccc(OC)c(OC3CCCC3)c2)c1. The van der Waals surface area contributed by atoms with E-state index in [1.54, 1.807) is 32.5 Å². The molecule has 0 spiro atoms. The normalized spacial score (nSPS) is 13.5. The molecule has 1 heterocycles. The second-order valence-corrected chi connectivity index (χ2v) is 7.96. The molecule has 0 radical (unpaired) electrons. The van der Waals surface area contributed by atoms with Crippen LogP contribution in [0.25, 0.3) is 0 Å². The molecular weight excluding hydrogens is 418 g/mol. The molecule has 7 heteroatoms. The van der Waals surface area contributed by atoms with Crippen LogP contribution in [0.3, 0.4) is 0 Å². The molecule has 0 atom stereocenters. The lowest BCUT2D eigenvalue weighted by atomic mass is 10.1. The highest BCUT2D eigenvalue weighted by Crippen LogP contribution is 2.38. The van der Waals surface area contributed by atoms with Gasteiger partial charge in [0.15, 0.2) is 11.5 Å². The zero-order valence-corrected chi connectivity index (χ0v) is 19.1. The van der Waals surface area contributed by atoms with E-state index in [4.69, 9.17) is 14.2 Å². The van der Waals surface area contributed by atoms with Gasteiger partial charge in [-0.05, 0) is 62.9 Å². The number of hydrogen-bond donors (Lipinski definition) is 0. The van der Waals surface area contributed by atoms with Gasteiger partial charge in [0.25, 0.3) is 0 Å². The number of nitrogens with zero attached hydrogens (tertiary/aromatic N) is 3.